The highest BCUT2D eigenvalue weighted by Gasteiger charge is 2.15. The van der Waals surface area contributed by atoms with Crippen molar-refractivity contribution < 1.29 is 5.11 Å². The molecule has 1 fully saturated rings. The highest BCUT2D eigenvalue weighted by atomic mass is 16.3. The minimum Gasteiger partial charge on any atom is -0.396 e. The van der Waals surface area contributed by atoms with Crippen LogP contribution in [0, 0.1) is 0 Å². The van der Waals surface area contributed by atoms with Crippen molar-refractivity contribution in [3.05, 3.63) is 18.0 Å². The summed E-state index contributed by atoms with van der Waals surface area (Å²) < 4.78 is 2.14. The van der Waals surface area contributed by atoms with Gasteiger partial charge in [-0.2, -0.15) is 5.10 Å². The lowest BCUT2D eigenvalue weighted by atomic mass is 9.96. The second kappa shape index (κ2) is 6.77. The molecule has 96 valence electrons. The first-order valence-electron chi connectivity index (χ1n) is 6.76. The smallest absolute Gasteiger partial charge is 0.0762 e. The van der Waals surface area contributed by atoms with Crippen LogP contribution in [0.2, 0.25) is 0 Å². The van der Waals surface area contributed by atoms with Crippen molar-refractivity contribution in [3.8, 4) is 0 Å². The summed E-state index contributed by atoms with van der Waals surface area (Å²) in [5, 5.41) is 16.6. The van der Waals surface area contributed by atoms with E-state index in [-0.39, 0.29) is 6.61 Å². The maximum absolute atomic E-state index is 8.68. The van der Waals surface area contributed by atoms with Gasteiger partial charge in [0.25, 0.3) is 0 Å². The fourth-order valence-corrected chi connectivity index (χ4v) is 2.44. The Bertz CT molecular complexity index is 318. The van der Waals surface area contributed by atoms with Crippen molar-refractivity contribution >= 4 is 0 Å². The zero-order valence-corrected chi connectivity index (χ0v) is 10.4. The fraction of sp³-hybridized carbons (Fsp3) is 0.769. The summed E-state index contributed by atoms with van der Waals surface area (Å²) in [5.41, 5.74) is 1.11. The molecule has 0 unspecified atom stereocenters. The summed E-state index contributed by atoms with van der Waals surface area (Å²) in [6.07, 6.45) is 9.54. The summed E-state index contributed by atoms with van der Waals surface area (Å²) in [6, 6.07) is 2.72. The van der Waals surface area contributed by atoms with Crippen LogP contribution in [-0.2, 0) is 6.54 Å². The normalized spacial score (nSPS) is 17.5. The van der Waals surface area contributed by atoms with Gasteiger partial charge in [0.15, 0.2) is 0 Å². The molecule has 0 amide bonds. The number of aromatic nitrogens is 2. The molecule has 2 N–H and O–H groups in total. The molecule has 0 saturated heterocycles. The Labute approximate surface area is 103 Å². The number of hydrogen-bond donors (Lipinski definition) is 2. The fourth-order valence-electron chi connectivity index (χ4n) is 2.44. The average molecular weight is 237 g/mol. The molecule has 0 spiro atoms. The topological polar surface area (TPSA) is 50.1 Å². The van der Waals surface area contributed by atoms with E-state index < -0.39 is 0 Å². The third-order valence-corrected chi connectivity index (χ3v) is 3.43. The van der Waals surface area contributed by atoms with Crippen LogP contribution in [-0.4, -0.2) is 28.0 Å². The van der Waals surface area contributed by atoms with Gasteiger partial charge in [0, 0.05) is 19.3 Å². The molecule has 0 bridgehead atoms. The number of nitrogens with zero attached hydrogens (tertiary/aromatic N) is 2. The minimum absolute atomic E-state index is 0.253. The summed E-state index contributed by atoms with van der Waals surface area (Å²) in [7, 11) is 0. The largest absolute Gasteiger partial charge is 0.396 e. The summed E-state index contributed by atoms with van der Waals surface area (Å²) in [5.74, 6) is 0. The maximum atomic E-state index is 8.68. The molecule has 0 radical (unpaired) electrons. The van der Waals surface area contributed by atoms with Gasteiger partial charge in [-0.05, 0) is 31.9 Å². The molecular weight excluding hydrogens is 214 g/mol. The van der Waals surface area contributed by atoms with Crippen LogP contribution in [0.1, 0.15) is 50.3 Å². The van der Waals surface area contributed by atoms with Crippen LogP contribution >= 0.6 is 0 Å². The van der Waals surface area contributed by atoms with Crippen LogP contribution in [0.15, 0.2) is 12.3 Å². The highest BCUT2D eigenvalue weighted by Crippen LogP contribution is 2.27. The van der Waals surface area contributed by atoms with Crippen molar-refractivity contribution in [1.29, 1.82) is 0 Å². The molecule has 4 nitrogen and oxygen atoms in total. The van der Waals surface area contributed by atoms with E-state index in [1.165, 1.54) is 32.1 Å². The molecule has 1 aliphatic carbocycles. The molecule has 1 aliphatic rings. The third-order valence-electron chi connectivity index (χ3n) is 3.43. The van der Waals surface area contributed by atoms with Crippen LogP contribution in [0.3, 0.4) is 0 Å². The van der Waals surface area contributed by atoms with Crippen molar-refractivity contribution in [1.82, 2.24) is 15.1 Å². The molecule has 1 heterocycles. The second-order valence-electron chi connectivity index (χ2n) is 4.83. The number of aliphatic hydroxyl groups is 1. The van der Waals surface area contributed by atoms with E-state index in [0.29, 0.717) is 6.04 Å². The van der Waals surface area contributed by atoms with Gasteiger partial charge in [-0.15, -0.1) is 0 Å². The predicted octanol–water partition coefficient (Wildman–Crippen LogP) is 1.86. The minimum atomic E-state index is 0.253. The van der Waals surface area contributed by atoms with Crippen molar-refractivity contribution in [3.63, 3.8) is 0 Å². The van der Waals surface area contributed by atoms with Gasteiger partial charge in [-0.1, -0.05) is 19.3 Å². The van der Waals surface area contributed by atoms with Gasteiger partial charge < -0.3 is 10.4 Å². The molecule has 1 aromatic rings. The molecule has 0 atom stereocenters. The van der Waals surface area contributed by atoms with Crippen LogP contribution in [0.25, 0.3) is 0 Å². The van der Waals surface area contributed by atoms with E-state index in [2.05, 4.69) is 27.4 Å². The monoisotopic (exact) mass is 237 g/mol. The lowest BCUT2D eigenvalue weighted by molar-refractivity contribution is 0.285. The molecule has 1 saturated carbocycles. The number of rotatable bonds is 6. The van der Waals surface area contributed by atoms with Gasteiger partial charge in [-0.3, -0.25) is 4.68 Å². The number of hydrogen-bond acceptors (Lipinski definition) is 3. The molecule has 2 rings (SSSR count). The Hall–Kier alpha value is -0.870. The van der Waals surface area contributed by atoms with Gasteiger partial charge in [0.2, 0.25) is 0 Å². The van der Waals surface area contributed by atoms with Gasteiger partial charge >= 0.3 is 0 Å². The molecule has 4 heteroatoms. The summed E-state index contributed by atoms with van der Waals surface area (Å²) >= 11 is 0. The molecular formula is C13H23N3O. The van der Waals surface area contributed by atoms with Gasteiger partial charge in [0.05, 0.1) is 11.7 Å². The second-order valence-corrected chi connectivity index (χ2v) is 4.83. The quantitative estimate of drug-likeness (QED) is 0.743. The van der Waals surface area contributed by atoms with E-state index in [1.54, 1.807) is 0 Å². The van der Waals surface area contributed by atoms with Crippen molar-refractivity contribution in [2.75, 3.05) is 13.2 Å². The Morgan fingerprint density at radius 2 is 2.18 bits per heavy atom. The Morgan fingerprint density at radius 3 is 2.94 bits per heavy atom. The van der Waals surface area contributed by atoms with Crippen LogP contribution in [0.5, 0.6) is 0 Å². The van der Waals surface area contributed by atoms with Gasteiger partial charge in [0.1, 0.15) is 0 Å². The van der Waals surface area contributed by atoms with Crippen molar-refractivity contribution in [2.24, 2.45) is 0 Å². The standard InChI is InChI=1S/C13H23N3O/c17-10-4-8-14-11-12-7-9-16(15-12)13-5-2-1-3-6-13/h7,9,13-14,17H,1-6,8,10-11H2. The number of aliphatic hydroxyl groups excluding tert-OH is 1. The summed E-state index contributed by atoms with van der Waals surface area (Å²) in [6.45, 7) is 1.91. The average Bonchev–Trinajstić information content (AvgIpc) is 2.85. The first-order valence-corrected chi connectivity index (χ1v) is 6.76. The number of nitrogens with one attached hydrogen (secondary N) is 1. The SMILES string of the molecule is OCCCNCc1ccn(C2CCCCC2)n1. The van der Waals surface area contributed by atoms with E-state index in [4.69, 9.17) is 5.11 Å². The highest BCUT2D eigenvalue weighted by molar-refractivity contribution is 4.99. The van der Waals surface area contributed by atoms with Crippen molar-refractivity contribution in [2.45, 2.75) is 51.1 Å². The summed E-state index contributed by atoms with van der Waals surface area (Å²) in [4.78, 5) is 0. The van der Waals surface area contributed by atoms with Crippen LogP contribution in [0.4, 0.5) is 0 Å². The Balaban J connectivity index is 1.78. The molecule has 0 aromatic carbocycles. The van der Waals surface area contributed by atoms with E-state index in [9.17, 15) is 0 Å². The first kappa shape index (κ1) is 12.6. The molecule has 17 heavy (non-hydrogen) atoms. The van der Waals surface area contributed by atoms with E-state index in [0.717, 1.165) is 25.2 Å². The lowest BCUT2D eigenvalue weighted by Gasteiger charge is -2.21. The molecule has 0 aliphatic heterocycles. The van der Waals surface area contributed by atoms with Crippen LogP contribution < -0.4 is 5.32 Å². The zero-order valence-electron chi connectivity index (χ0n) is 10.4. The third kappa shape index (κ3) is 3.82. The Morgan fingerprint density at radius 1 is 1.35 bits per heavy atom. The van der Waals surface area contributed by atoms with E-state index in [1.807, 2.05) is 0 Å². The van der Waals surface area contributed by atoms with E-state index >= 15 is 0 Å². The zero-order chi connectivity index (χ0) is 11.9. The molecule has 1 aromatic heterocycles. The maximum Gasteiger partial charge on any atom is 0.0762 e. The lowest BCUT2D eigenvalue weighted by Crippen LogP contribution is -2.17. The van der Waals surface area contributed by atoms with Gasteiger partial charge in [-0.25, -0.2) is 0 Å². The Kier molecular flexibility index (Phi) is 5.01. The predicted molar refractivity (Wildman–Crippen MR) is 67.8 cm³/mol. The first-order chi connectivity index (χ1) is 8.40.